The molecule has 4 aromatic rings. The van der Waals surface area contributed by atoms with Gasteiger partial charge in [-0.15, -0.1) is 0 Å². The van der Waals surface area contributed by atoms with E-state index in [4.69, 9.17) is 16.3 Å². The average molecular weight is 671 g/mol. The summed E-state index contributed by atoms with van der Waals surface area (Å²) < 4.78 is 6.81. The second-order valence-electron chi connectivity index (χ2n) is 9.63. The van der Waals surface area contributed by atoms with Gasteiger partial charge in [-0.05, 0) is 67.1 Å². The maximum Gasteiger partial charge on any atom is 0.305 e. The number of halogens is 2. The smallest absolute Gasteiger partial charge is 0.305 e. The van der Waals surface area contributed by atoms with Crippen LogP contribution in [0.15, 0.2) is 81.0 Å². The van der Waals surface area contributed by atoms with Gasteiger partial charge in [-0.25, -0.2) is 4.90 Å². The lowest BCUT2D eigenvalue weighted by Crippen LogP contribution is -2.32. The Bertz CT molecular complexity index is 1760. The summed E-state index contributed by atoms with van der Waals surface area (Å²) in [5, 5.41) is 2.96. The van der Waals surface area contributed by atoms with Crippen LogP contribution in [0.25, 0.3) is 0 Å². The number of carbonyl (C=O) groups is 3. The first-order valence-electron chi connectivity index (χ1n) is 12.5. The van der Waals surface area contributed by atoms with Crippen LogP contribution < -0.4 is 19.8 Å². The summed E-state index contributed by atoms with van der Waals surface area (Å²) in [5.41, 5.74) is 2.63. The number of thiazole rings is 1. The van der Waals surface area contributed by atoms with Crippen LogP contribution in [0.3, 0.4) is 0 Å². The van der Waals surface area contributed by atoms with E-state index < -0.39 is 17.1 Å². The highest BCUT2D eigenvalue weighted by Gasteiger charge is 2.56. The number of hydrogen-bond acceptors (Lipinski definition) is 7. The Morgan fingerprint density at radius 1 is 1.07 bits per heavy atom. The third-order valence-corrected chi connectivity index (χ3v) is 10.0. The molecule has 2 aliphatic heterocycles. The van der Waals surface area contributed by atoms with Crippen molar-refractivity contribution in [3.63, 3.8) is 0 Å². The number of hydrogen-bond donors (Lipinski definition) is 2. The van der Waals surface area contributed by atoms with Crippen LogP contribution in [-0.2, 0) is 14.4 Å². The molecule has 1 fully saturated rings. The number of benzene rings is 3. The molecular formula is C29H21BrClN3O5S2. The van der Waals surface area contributed by atoms with Crippen LogP contribution in [0.5, 0.6) is 5.75 Å². The summed E-state index contributed by atoms with van der Waals surface area (Å²) in [7, 11) is 0. The zero-order valence-corrected chi connectivity index (χ0v) is 25.3. The van der Waals surface area contributed by atoms with E-state index in [1.165, 1.54) is 16.7 Å². The maximum absolute atomic E-state index is 14.0. The van der Waals surface area contributed by atoms with Gasteiger partial charge in [-0.2, -0.15) is 0 Å². The predicted molar refractivity (Wildman–Crippen MR) is 163 cm³/mol. The van der Waals surface area contributed by atoms with Gasteiger partial charge in [0.25, 0.3) is 5.91 Å². The van der Waals surface area contributed by atoms with Gasteiger partial charge >= 0.3 is 4.87 Å². The molecule has 2 unspecified atom stereocenters. The van der Waals surface area contributed by atoms with Crippen LogP contribution in [0.4, 0.5) is 11.4 Å². The van der Waals surface area contributed by atoms with E-state index in [2.05, 4.69) is 26.2 Å². The standard InChI is InChI=1S/C29H21BrClN3O5S2/c1-14-3-2-4-17(11-14)32-21(35)13-39-20-10-7-16(31)12-19(20)22-23-25(40-26-24(22)41-29(38)33-26)28(37)34(27(23)36)18-8-5-15(30)6-9-18/h2-12,22-23,25H,13H2,1H3,(H,32,35)(H,33,38)/t22-,23?,25?/m1/s1. The van der Waals surface area contributed by atoms with E-state index >= 15 is 0 Å². The molecule has 3 amide bonds. The van der Waals surface area contributed by atoms with Gasteiger partial charge in [0.2, 0.25) is 11.8 Å². The van der Waals surface area contributed by atoms with Crippen LogP contribution in [-0.4, -0.2) is 34.6 Å². The zero-order chi connectivity index (χ0) is 28.8. The highest BCUT2D eigenvalue weighted by Crippen LogP contribution is 2.54. The van der Waals surface area contributed by atoms with E-state index in [0.717, 1.165) is 21.4 Å². The first kappa shape index (κ1) is 27.8. The molecule has 3 atom stereocenters. The molecule has 1 saturated heterocycles. The maximum atomic E-state index is 14.0. The molecule has 8 nitrogen and oxygen atoms in total. The van der Waals surface area contributed by atoms with Crippen molar-refractivity contribution >= 4 is 79.7 Å². The molecule has 12 heteroatoms. The van der Waals surface area contributed by atoms with Crippen LogP contribution in [0.2, 0.25) is 5.02 Å². The lowest BCUT2D eigenvalue weighted by atomic mass is 9.82. The quantitative estimate of drug-likeness (QED) is 0.245. The summed E-state index contributed by atoms with van der Waals surface area (Å²) in [4.78, 5) is 57.2. The Labute approximate surface area is 256 Å². The highest BCUT2D eigenvalue weighted by atomic mass is 79.9. The molecule has 0 aliphatic carbocycles. The van der Waals surface area contributed by atoms with Gasteiger partial charge < -0.3 is 15.0 Å². The number of aromatic amines is 1. The van der Waals surface area contributed by atoms with Gasteiger partial charge in [0.05, 0.1) is 16.6 Å². The number of aromatic nitrogens is 1. The molecule has 0 saturated carbocycles. The van der Waals surface area contributed by atoms with Crippen LogP contribution in [0, 0.1) is 12.8 Å². The van der Waals surface area contributed by atoms with Crippen molar-refractivity contribution in [3.05, 3.63) is 102 Å². The summed E-state index contributed by atoms with van der Waals surface area (Å²) in [5.74, 6) is -2.30. The Balaban J connectivity index is 1.36. The molecule has 6 rings (SSSR count). The van der Waals surface area contributed by atoms with Gasteiger partial charge in [0.1, 0.15) is 11.0 Å². The minimum absolute atomic E-state index is 0.292. The number of ether oxygens (including phenoxy) is 1. The fraction of sp³-hybridized carbons (Fsp3) is 0.172. The molecule has 3 aromatic carbocycles. The van der Waals surface area contributed by atoms with Crippen molar-refractivity contribution in [2.75, 3.05) is 16.8 Å². The largest absolute Gasteiger partial charge is 0.483 e. The fourth-order valence-corrected chi connectivity index (χ4v) is 8.10. The van der Waals surface area contributed by atoms with E-state index in [9.17, 15) is 19.2 Å². The topological polar surface area (TPSA) is 109 Å². The van der Waals surface area contributed by atoms with Crippen molar-refractivity contribution in [1.82, 2.24) is 4.98 Å². The van der Waals surface area contributed by atoms with Gasteiger partial charge in [0.15, 0.2) is 6.61 Å². The number of nitrogens with one attached hydrogen (secondary N) is 2. The van der Waals surface area contributed by atoms with Gasteiger partial charge in [0, 0.05) is 31.5 Å². The van der Waals surface area contributed by atoms with Gasteiger partial charge in [-0.1, -0.05) is 62.8 Å². The average Bonchev–Trinajstić information content (AvgIpc) is 3.42. The molecule has 0 spiro atoms. The van der Waals surface area contributed by atoms with Crippen molar-refractivity contribution in [1.29, 1.82) is 0 Å². The summed E-state index contributed by atoms with van der Waals surface area (Å²) in [6.07, 6.45) is 0. The third kappa shape index (κ3) is 5.34. The predicted octanol–water partition coefficient (Wildman–Crippen LogP) is 5.97. The summed E-state index contributed by atoms with van der Waals surface area (Å²) in [6.45, 7) is 1.63. The first-order valence-corrected chi connectivity index (χ1v) is 15.4. The number of fused-ring (bicyclic) bond motifs is 2. The molecule has 41 heavy (non-hydrogen) atoms. The Morgan fingerprint density at radius 3 is 2.61 bits per heavy atom. The van der Waals surface area contributed by atoms with Crippen LogP contribution >= 0.6 is 50.6 Å². The van der Waals surface area contributed by atoms with E-state index in [1.807, 2.05) is 25.1 Å². The zero-order valence-electron chi connectivity index (χ0n) is 21.4. The van der Waals surface area contributed by atoms with Gasteiger partial charge in [-0.3, -0.25) is 19.2 Å². The number of rotatable bonds is 6. The van der Waals surface area contributed by atoms with Crippen LogP contribution in [0.1, 0.15) is 21.9 Å². The molecule has 0 radical (unpaired) electrons. The minimum atomic E-state index is -0.822. The second-order valence-corrected chi connectivity index (χ2v) is 13.1. The summed E-state index contributed by atoms with van der Waals surface area (Å²) in [6, 6.07) is 19.3. The normalized spacial score (nSPS) is 19.6. The Morgan fingerprint density at radius 2 is 1.85 bits per heavy atom. The monoisotopic (exact) mass is 669 g/mol. The van der Waals surface area contributed by atoms with Crippen molar-refractivity contribution < 1.29 is 19.1 Å². The number of carbonyl (C=O) groups excluding carboxylic acids is 3. The molecule has 2 N–H and O–H groups in total. The second kappa shape index (κ2) is 11.1. The number of imide groups is 1. The number of amides is 3. The lowest BCUT2D eigenvalue weighted by Gasteiger charge is -2.31. The molecule has 1 aromatic heterocycles. The number of nitrogens with zero attached hydrogens (tertiary/aromatic N) is 1. The molecule has 0 bridgehead atoms. The van der Waals surface area contributed by atoms with Crippen molar-refractivity contribution in [3.8, 4) is 5.75 Å². The van der Waals surface area contributed by atoms with Crippen molar-refractivity contribution in [2.24, 2.45) is 5.92 Å². The fourth-order valence-electron chi connectivity index (χ4n) is 5.15. The third-order valence-electron chi connectivity index (χ3n) is 6.88. The molecule has 2 aliphatic rings. The SMILES string of the molecule is Cc1cccc(NC(=O)COc2ccc(Cl)cc2[C@H]2c3sc(=O)[nH]c3SC3C(=O)N(c4ccc(Br)cc4)C(=O)C32)c1. The molecule has 208 valence electrons. The highest BCUT2D eigenvalue weighted by molar-refractivity contribution is 9.10. The Hall–Kier alpha value is -3.38. The minimum Gasteiger partial charge on any atom is -0.483 e. The van der Waals surface area contributed by atoms with E-state index in [1.54, 1.807) is 48.5 Å². The number of thioether (sulfide) groups is 1. The number of aryl methyl sites for hydroxylation is 1. The number of H-pyrrole nitrogens is 1. The van der Waals surface area contributed by atoms with Crippen molar-refractivity contribution in [2.45, 2.75) is 23.1 Å². The summed E-state index contributed by atoms with van der Waals surface area (Å²) >= 11 is 12.0. The molecular weight excluding hydrogens is 650 g/mol. The lowest BCUT2D eigenvalue weighted by molar-refractivity contribution is -0.122. The number of anilines is 2. The van der Waals surface area contributed by atoms with E-state index in [0.29, 0.717) is 37.6 Å². The Kier molecular flexibility index (Phi) is 7.54. The van der Waals surface area contributed by atoms with E-state index in [-0.39, 0.29) is 29.2 Å². The molecule has 3 heterocycles. The first-order chi connectivity index (χ1) is 19.7.